The summed E-state index contributed by atoms with van der Waals surface area (Å²) >= 11 is 0. The lowest BCUT2D eigenvalue weighted by Gasteiger charge is -2.38. The normalized spacial score (nSPS) is 14.9. The molecule has 156 valence electrons. The number of aromatic nitrogens is 2. The molecule has 0 spiro atoms. The minimum Gasteiger partial charge on any atom is -0.508 e. The first-order valence-corrected chi connectivity index (χ1v) is 8.80. The fraction of sp³-hybridized carbons (Fsp3) is 0.350. The van der Waals surface area contributed by atoms with Crippen LogP contribution >= 0.6 is 0 Å². The Kier molecular flexibility index (Phi) is 4.98. The number of hydrogen-bond acceptors (Lipinski definition) is 3. The highest BCUT2D eigenvalue weighted by molar-refractivity contribution is 5.78. The second-order valence-electron chi connectivity index (χ2n) is 7.89. The second kappa shape index (κ2) is 6.91. The third kappa shape index (κ3) is 4.00. The van der Waals surface area contributed by atoms with Gasteiger partial charge in [0, 0.05) is 12.0 Å². The number of benzene rings is 2. The molecular weight excluding hydrogens is 392 g/mol. The highest BCUT2D eigenvalue weighted by Crippen LogP contribution is 2.45. The Morgan fingerprint density at radius 2 is 1.72 bits per heavy atom. The Labute approximate surface area is 163 Å². The van der Waals surface area contributed by atoms with Crippen LogP contribution in [0.1, 0.15) is 31.4 Å². The van der Waals surface area contributed by atoms with Crippen LogP contribution in [0, 0.1) is 5.82 Å². The zero-order valence-electron chi connectivity index (χ0n) is 15.7. The zero-order valence-corrected chi connectivity index (χ0v) is 15.7. The molecule has 1 atom stereocenters. The molecule has 5 nitrogen and oxygen atoms in total. The van der Waals surface area contributed by atoms with Crippen molar-refractivity contribution in [1.82, 2.24) is 10.2 Å². The van der Waals surface area contributed by atoms with Gasteiger partial charge in [-0.1, -0.05) is 19.9 Å². The van der Waals surface area contributed by atoms with E-state index < -0.39 is 41.4 Å². The van der Waals surface area contributed by atoms with Crippen molar-refractivity contribution in [3.8, 4) is 5.75 Å². The molecule has 1 aromatic heterocycles. The number of nitrogens with one attached hydrogen (secondary N) is 2. The molecule has 0 saturated carbocycles. The molecule has 0 saturated heterocycles. The van der Waals surface area contributed by atoms with Crippen molar-refractivity contribution in [3.05, 3.63) is 63.7 Å². The molecule has 9 heteroatoms. The van der Waals surface area contributed by atoms with E-state index >= 15 is 0 Å². The van der Waals surface area contributed by atoms with Crippen LogP contribution in [0.5, 0.6) is 5.75 Å². The van der Waals surface area contributed by atoms with Gasteiger partial charge in [-0.15, -0.1) is 0 Å². The van der Waals surface area contributed by atoms with E-state index in [1.54, 1.807) is 0 Å². The lowest BCUT2D eigenvalue weighted by atomic mass is 9.72. The number of rotatable bonds is 5. The van der Waals surface area contributed by atoms with Crippen molar-refractivity contribution in [2.75, 3.05) is 0 Å². The van der Waals surface area contributed by atoms with Gasteiger partial charge in [0.25, 0.3) is 5.56 Å². The number of halogens is 4. The van der Waals surface area contributed by atoms with Gasteiger partial charge < -0.3 is 10.2 Å². The van der Waals surface area contributed by atoms with Gasteiger partial charge in [-0.25, -0.2) is 4.39 Å². The second-order valence-corrected chi connectivity index (χ2v) is 7.89. The van der Waals surface area contributed by atoms with Crippen molar-refractivity contribution >= 4 is 10.9 Å². The van der Waals surface area contributed by atoms with E-state index in [2.05, 4.69) is 10.2 Å². The minimum atomic E-state index is -5.01. The Hall–Kier alpha value is -2.81. The Morgan fingerprint density at radius 1 is 1.03 bits per heavy atom. The number of aliphatic hydroxyl groups is 1. The van der Waals surface area contributed by atoms with E-state index in [1.165, 1.54) is 32.0 Å². The molecule has 1 heterocycles. The maximum absolute atomic E-state index is 13.9. The molecule has 0 amide bonds. The largest absolute Gasteiger partial charge is 0.508 e. The van der Waals surface area contributed by atoms with E-state index in [9.17, 15) is 32.6 Å². The summed E-state index contributed by atoms with van der Waals surface area (Å²) in [6.45, 7) is 2.77. The van der Waals surface area contributed by atoms with Crippen LogP contribution in [0.4, 0.5) is 17.6 Å². The van der Waals surface area contributed by atoms with Gasteiger partial charge in [0.1, 0.15) is 11.6 Å². The van der Waals surface area contributed by atoms with Crippen LogP contribution in [0.25, 0.3) is 10.9 Å². The first-order chi connectivity index (χ1) is 13.3. The molecular formula is C20H20F4N2O3. The van der Waals surface area contributed by atoms with E-state index in [0.717, 1.165) is 18.2 Å². The maximum atomic E-state index is 13.9. The Bertz CT molecular complexity index is 1100. The molecule has 29 heavy (non-hydrogen) atoms. The summed E-state index contributed by atoms with van der Waals surface area (Å²) in [5.41, 5.74) is -4.57. The summed E-state index contributed by atoms with van der Waals surface area (Å²) in [7, 11) is 0. The molecule has 3 aromatic rings. The minimum absolute atomic E-state index is 0.0438. The van der Waals surface area contributed by atoms with Crippen molar-refractivity contribution in [2.24, 2.45) is 0 Å². The van der Waals surface area contributed by atoms with Gasteiger partial charge in [0.05, 0.1) is 10.9 Å². The molecule has 0 aliphatic carbocycles. The van der Waals surface area contributed by atoms with Crippen molar-refractivity contribution in [1.29, 1.82) is 0 Å². The predicted octanol–water partition coefficient (Wildman–Crippen LogP) is 3.90. The van der Waals surface area contributed by atoms with Crippen LogP contribution in [0.2, 0.25) is 0 Å². The average Bonchev–Trinajstić information content (AvgIpc) is 2.96. The van der Waals surface area contributed by atoms with Crippen molar-refractivity contribution in [2.45, 2.75) is 43.9 Å². The summed E-state index contributed by atoms with van der Waals surface area (Å²) in [5.74, 6) is -1.07. The molecule has 4 N–H and O–H groups in total. The summed E-state index contributed by atoms with van der Waals surface area (Å²) in [6, 6.07) is 7.13. The number of H-pyrrole nitrogens is 2. The summed E-state index contributed by atoms with van der Waals surface area (Å²) in [6.07, 6.45) is -6.65. The molecule has 1 unspecified atom stereocenters. The summed E-state index contributed by atoms with van der Waals surface area (Å²) in [5, 5.41) is 25.8. The lowest BCUT2D eigenvalue weighted by molar-refractivity contribution is -0.266. The van der Waals surface area contributed by atoms with Gasteiger partial charge in [0.15, 0.2) is 5.60 Å². The summed E-state index contributed by atoms with van der Waals surface area (Å²) < 4.78 is 55.3. The number of phenols is 1. The first-order valence-electron chi connectivity index (χ1n) is 8.80. The van der Waals surface area contributed by atoms with Crippen LogP contribution in [0.3, 0.4) is 0 Å². The smallest absolute Gasteiger partial charge is 0.417 e. The summed E-state index contributed by atoms with van der Waals surface area (Å²) in [4.78, 5) is 11.7. The van der Waals surface area contributed by atoms with Gasteiger partial charge in [-0.2, -0.15) is 13.2 Å². The van der Waals surface area contributed by atoms with Crippen molar-refractivity contribution in [3.63, 3.8) is 0 Å². The van der Waals surface area contributed by atoms with Crippen LogP contribution in [-0.4, -0.2) is 32.2 Å². The Balaban J connectivity index is 2.00. The number of aromatic hydroxyl groups is 1. The fourth-order valence-electron chi connectivity index (χ4n) is 3.67. The van der Waals surface area contributed by atoms with Crippen LogP contribution < -0.4 is 5.56 Å². The van der Waals surface area contributed by atoms with E-state index in [0.29, 0.717) is 5.52 Å². The fourth-order valence-corrected chi connectivity index (χ4v) is 3.67. The van der Waals surface area contributed by atoms with Gasteiger partial charge in [-0.3, -0.25) is 15.0 Å². The topological polar surface area (TPSA) is 89.1 Å². The highest BCUT2D eigenvalue weighted by atomic mass is 19.4. The Morgan fingerprint density at radius 3 is 2.38 bits per heavy atom. The van der Waals surface area contributed by atoms with Gasteiger partial charge >= 0.3 is 6.18 Å². The van der Waals surface area contributed by atoms with Crippen LogP contribution in [0.15, 0.2) is 41.2 Å². The number of aromatic amines is 2. The molecule has 3 rings (SSSR count). The molecule has 0 fully saturated rings. The number of hydrogen-bond donors (Lipinski definition) is 4. The average molecular weight is 412 g/mol. The maximum Gasteiger partial charge on any atom is 0.417 e. The zero-order chi connectivity index (χ0) is 21.6. The SMILES string of the molecule is CC(C)(CC(O)(Cc1ccc2[nH][nH]c(=O)c2c1)C(F)(F)F)c1cc(F)ccc1O. The third-order valence-corrected chi connectivity index (χ3v) is 5.09. The van der Waals surface area contributed by atoms with Gasteiger partial charge in [0.2, 0.25) is 0 Å². The molecule has 0 radical (unpaired) electrons. The number of fused-ring (bicyclic) bond motifs is 1. The highest BCUT2D eigenvalue weighted by Gasteiger charge is 2.56. The number of phenolic OH excluding ortho intramolecular Hbond substituents is 1. The van der Waals surface area contributed by atoms with E-state index in [4.69, 9.17) is 0 Å². The molecule has 0 aliphatic rings. The number of alkyl halides is 3. The quantitative estimate of drug-likeness (QED) is 0.479. The standard InChI is InChI=1S/C20H20F4N2O3/c1-18(2,14-8-12(21)4-6-16(14)27)10-19(29,20(22,23)24)9-11-3-5-15-13(7-11)17(28)26-25-15/h3-8,27,29H,9-10H2,1-2H3,(H2,25,26,28). The molecule has 0 bridgehead atoms. The van der Waals surface area contributed by atoms with E-state index in [-0.39, 0.29) is 22.3 Å². The lowest BCUT2D eigenvalue weighted by Crippen LogP contribution is -2.50. The van der Waals surface area contributed by atoms with E-state index in [1.807, 2.05) is 0 Å². The molecule has 0 aliphatic heterocycles. The first kappa shape index (κ1) is 20.9. The van der Waals surface area contributed by atoms with Crippen LogP contribution in [-0.2, 0) is 11.8 Å². The van der Waals surface area contributed by atoms with Crippen molar-refractivity contribution < 1.29 is 27.8 Å². The molecule has 2 aromatic carbocycles. The third-order valence-electron chi connectivity index (χ3n) is 5.09. The predicted molar refractivity (Wildman–Crippen MR) is 99.3 cm³/mol. The van der Waals surface area contributed by atoms with Gasteiger partial charge in [-0.05, 0) is 47.7 Å². The monoisotopic (exact) mass is 412 g/mol.